The highest BCUT2D eigenvalue weighted by molar-refractivity contribution is 5.60. The fraction of sp³-hybridized carbons (Fsp3) is 0.600. The van der Waals surface area contributed by atoms with Gasteiger partial charge in [-0.25, -0.2) is 0 Å². The Balaban J connectivity index is 2.30. The van der Waals surface area contributed by atoms with Crippen LogP contribution in [0, 0.1) is 0 Å². The second-order valence-corrected chi connectivity index (χ2v) is 5.34. The van der Waals surface area contributed by atoms with E-state index in [-0.39, 0.29) is 0 Å². The van der Waals surface area contributed by atoms with Crippen LogP contribution in [0.5, 0.6) is 5.75 Å². The molecule has 3 heteroatoms. The molecule has 1 aromatic carbocycles. The Hall–Kier alpha value is -1.22. The van der Waals surface area contributed by atoms with Crippen LogP contribution in [-0.4, -0.2) is 33.3 Å². The maximum Gasteiger partial charge on any atom is 0.142 e. The molecule has 1 fully saturated rings. The third kappa shape index (κ3) is 2.61. The van der Waals surface area contributed by atoms with Gasteiger partial charge in [-0.15, -0.1) is 0 Å². The normalized spacial score (nSPS) is 19.3. The second-order valence-electron chi connectivity index (χ2n) is 5.34. The minimum absolute atomic E-state index is 0.546. The molecule has 100 valence electrons. The largest absolute Gasteiger partial charge is 0.495 e. The Morgan fingerprint density at radius 2 is 2.17 bits per heavy atom. The zero-order valence-corrected chi connectivity index (χ0v) is 11.9. The van der Waals surface area contributed by atoms with E-state index in [2.05, 4.69) is 49.3 Å². The van der Waals surface area contributed by atoms with Crippen molar-refractivity contribution in [2.45, 2.75) is 32.2 Å². The molecule has 0 aromatic heterocycles. The zero-order chi connectivity index (χ0) is 13.1. The van der Waals surface area contributed by atoms with Crippen molar-refractivity contribution in [3.8, 4) is 5.75 Å². The Morgan fingerprint density at radius 1 is 1.39 bits per heavy atom. The monoisotopic (exact) mass is 248 g/mol. The second kappa shape index (κ2) is 5.61. The van der Waals surface area contributed by atoms with Crippen molar-refractivity contribution in [3.63, 3.8) is 0 Å². The lowest BCUT2D eigenvalue weighted by atomic mass is 10.0. The highest BCUT2D eigenvalue weighted by Gasteiger charge is 2.22. The summed E-state index contributed by atoms with van der Waals surface area (Å²) in [6.07, 6.45) is 1.20. The van der Waals surface area contributed by atoms with Gasteiger partial charge in [0.25, 0.3) is 0 Å². The van der Waals surface area contributed by atoms with E-state index in [1.807, 2.05) is 0 Å². The van der Waals surface area contributed by atoms with Crippen LogP contribution in [-0.2, 0) is 0 Å². The molecule has 0 saturated carbocycles. The first-order chi connectivity index (χ1) is 8.63. The molecule has 1 unspecified atom stereocenters. The van der Waals surface area contributed by atoms with Crippen molar-refractivity contribution in [1.29, 1.82) is 0 Å². The fourth-order valence-electron chi connectivity index (χ4n) is 2.51. The topological polar surface area (TPSA) is 24.5 Å². The van der Waals surface area contributed by atoms with E-state index < -0.39 is 0 Å². The van der Waals surface area contributed by atoms with E-state index in [0.29, 0.717) is 12.0 Å². The number of rotatable bonds is 4. The van der Waals surface area contributed by atoms with Gasteiger partial charge < -0.3 is 15.0 Å². The molecule has 0 bridgehead atoms. The SMILES string of the molecule is COc1ccc(C(C)C)cc1N(C)C1CCNC1. The van der Waals surface area contributed by atoms with Crippen LogP contribution >= 0.6 is 0 Å². The van der Waals surface area contributed by atoms with Crippen molar-refractivity contribution in [3.05, 3.63) is 23.8 Å². The number of benzene rings is 1. The average molecular weight is 248 g/mol. The summed E-state index contributed by atoms with van der Waals surface area (Å²) in [5.41, 5.74) is 2.57. The maximum atomic E-state index is 5.50. The molecule has 0 amide bonds. The molecule has 1 saturated heterocycles. The van der Waals surface area contributed by atoms with Crippen LogP contribution in [0.2, 0.25) is 0 Å². The molecule has 2 rings (SSSR count). The summed E-state index contributed by atoms with van der Waals surface area (Å²) in [5.74, 6) is 1.51. The molecular weight excluding hydrogens is 224 g/mol. The van der Waals surface area contributed by atoms with Crippen molar-refractivity contribution in [2.75, 3.05) is 32.1 Å². The van der Waals surface area contributed by atoms with Crippen LogP contribution in [0.3, 0.4) is 0 Å². The lowest BCUT2D eigenvalue weighted by molar-refractivity contribution is 0.413. The molecule has 0 spiro atoms. The molecule has 1 aliphatic rings. The summed E-state index contributed by atoms with van der Waals surface area (Å²) in [4.78, 5) is 2.35. The number of nitrogens with one attached hydrogen (secondary N) is 1. The quantitative estimate of drug-likeness (QED) is 0.886. The van der Waals surface area contributed by atoms with Crippen LogP contribution in [0.4, 0.5) is 5.69 Å². The number of nitrogens with zero attached hydrogens (tertiary/aromatic N) is 1. The summed E-state index contributed by atoms with van der Waals surface area (Å²) in [6, 6.07) is 7.08. The third-order valence-corrected chi connectivity index (χ3v) is 3.83. The van der Waals surface area contributed by atoms with Crippen LogP contribution < -0.4 is 15.0 Å². The van der Waals surface area contributed by atoms with Gasteiger partial charge in [-0.3, -0.25) is 0 Å². The Morgan fingerprint density at radius 3 is 2.72 bits per heavy atom. The van der Waals surface area contributed by atoms with Crippen LogP contribution in [0.25, 0.3) is 0 Å². The number of ether oxygens (including phenoxy) is 1. The lowest BCUT2D eigenvalue weighted by Gasteiger charge is -2.28. The third-order valence-electron chi connectivity index (χ3n) is 3.83. The minimum Gasteiger partial charge on any atom is -0.495 e. The molecule has 0 aliphatic carbocycles. The highest BCUT2D eigenvalue weighted by Crippen LogP contribution is 2.32. The summed E-state index contributed by atoms with van der Waals surface area (Å²) >= 11 is 0. The molecule has 1 atom stereocenters. The van der Waals surface area contributed by atoms with E-state index >= 15 is 0 Å². The first-order valence-electron chi connectivity index (χ1n) is 6.75. The number of likely N-dealkylation sites (N-methyl/N-ethyl adjacent to an activating group) is 1. The Labute approximate surface area is 110 Å². The van der Waals surface area contributed by atoms with E-state index in [4.69, 9.17) is 4.74 Å². The van der Waals surface area contributed by atoms with Crippen LogP contribution in [0.1, 0.15) is 31.7 Å². The molecule has 1 aliphatic heterocycles. The highest BCUT2D eigenvalue weighted by atomic mass is 16.5. The van der Waals surface area contributed by atoms with Gasteiger partial charge in [0.15, 0.2) is 0 Å². The van der Waals surface area contributed by atoms with Gasteiger partial charge in [-0.1, -0.05) is 19.9 Å². The number of methoxy groups -OCH3 is 1. The number of hydrogen-bond acceptors (Lipinski definition) is 3. The van der Waals surface area contributed by atoms with Gasteiger partial charge in [-0.05, 0) is 36.6 Å². The van der Waals surface area contributed by atoms with Crippen molar-refractivity contribution in [2.24, 2.45) is 0 Å². The molecule has 1 heterocycles. The molecular formula is C15H24N2O. The number of anilines is 1. The van der Waals surface area contributed by atoms with Gasteiger partial charge in [-0.2, -0.15) is 0 Å². The predicted octanol–water partition coefficient (Wildman–Crippen LogP) is 2.62. The minimum atomic E-state index is 0.546. The van der Waals surface area contributed by atoms with Crippen molar-refractivity contribution >= 4 is 5.69 Å². The Kier molecular flexibility index (Phi) is 4.12. The standard InChI is InChI=1S/C15H24N2O/c1-11(2)12-5-6-15(18-4)14(9-12)17(3)13-7-8-16-10-13/h5-6,9,11,13,16H,7-8,10H2,1-4H3. The van der Waals surface area contributed by atoms with Gasteiger partial charge in [0, 0.05) is 19.6 Å². The summed E-state index contributed by atoms with van der Waals surface area (Å²) in [6.45, 7) is 6.62. The first kappa shape index (κ1) is 13.2. The van der Waals surface area contributed by atoms with E-state index in [9.17, 15) is 0 Å². The van der Waals surface area contributed by atoms with Crippen molar-refractivity contribution < 1.29 is 4.74 Å². The van der Waals surface area contributed by atoms with E-state index in [0.717, 1.165) is 18.8 Å². The zero-order valence-electron chi connectivity index (χ0n) is 11.9. The number of hydrogen-bond donors (Lipinski definition) is 1. The lowest BCUT2D eigenvalue weighted by Crippen LogP contribution is -2.33. The average Bonchev–Trinajstić information content (AvgIpc) is 2.90. The van der Waals surface area contributed by atoms with Gasteiger partial charge in [0.05, 0.1) is 12.8 Å². The summed E-state index contributed by atoms with van der Waals surface area (Å²) in [5, 5.41) is 3.42. The Bertz CT molecular complexity index is 397. The van der Waals surface area contributed by atoms with Crippen molar-refractivity contribution in [1.82, 2.24) is 5.32 Å². The molecule has 18 heavy (non-hydrogen) atoms. The van der Waals surface area contributed by atoms with E-state index in [1.165, 1.54) is 17.7 Å². The van der Waals surface area contributed by atoms with Gasteiger partial charge in [0.1, 0.15) is 5.75 Å². The van der Waals surface area contributed by atoms with Gasteiger partial charge >= 0.3 is 0 Å². The first-order valence-corrected chi connectivity index (χ1v) is 6.75. The molecule has 1 N–H and O–H groups in total. The van der Waals surface area contributed by atoms with Gasteiger partial charge in [0.2, 0.25) is 0 Å². The van der Waals surface area contributed by atoms with Crippen LogP contribution in [0.15, 0.2) is 18.2 Å². The fourth-order valence-corrected chi connectivity index (χ4v) is 2.51. The molecule has 3 nitrogen and oxygen atoms in total. The summed E-state index contributed by atoms with van der Waals surface area (Å²) < 4.78 is 5.50. The summed E-state index contributed by atoms with van der Waals surface area (Å²) in [7, 11) is 3.91. The maximum absolute atomic E-state index is 5.50. The smallest absolute Gasteiger partial charge is 0.142 e. The predicted molar refractivity (Wildman–Crippen MR) is 76.8 cm³/mol. The van der Waals surface area contributed by atoms with E-state index in [1.54, 1.807) is 7.11 Å². The molecule has 1 aromatic rings. The molecule has 0 radical (unpaired) electrons.